The Morgan fingerprint density at radius 3 is 2.58 bits per heavy atom. The van der Waals surface area contributed by atoms with E-state index in [0.29, 0.717) is 0 Å². The smallest absolute Gasteiger partial charge is 0.459 e. The monoisotopic (exact) mass is 528 g/mol. The fourth-order valence-electron chi connectivity index (χ4n) is 3.37. The first-order valence-electron chi connectivity index (χ1n) is 11.6. The van der Waals surface area contributed by atoms with Crippen molar-refractivity contribution in [1.29, 1.82) is 0 Å². The van der Waals surface area contributed by atoms with E-state index in [4.69, 9.17) is 19.9 Å². The van der Waals surface area contributed by atoms with E-state index in [0.717, 1.165) is 23.8 Å². The number of aliphatic hydroxyl groups excluding tert-OH is 1. The van der Waals surface area contributed by atoms with Crippen LogP contribution in [0.3, 0.4) is 0 Å². The largest absolute Gasteiger partial charge is 0.462 e. The Kier molecular flexibility index (Phi) is 8.08. The van der Waals surface area contributed by atoms with Crippen molar-refractivity contribution in [3.63, 3.8) is 0 Å². The quantitative estimate of drug-likeness (QED) is 0.252. The van der Waals surface area contributed by atoms with Crippen molar-refractivity contribution < 1.29 is 39.5 Å². The Morgan fingerprint density at radius 1 is 1.31 bits per heavy atom. The number of carbonyl (C=O) groups excluding carboxylic acids is 1. The van der Waals surface area contributed by atoms with Crippen molar-refractivity contribution in [1.82, 2.24) is 14.6 Å². The molecule has 1 aromatic carbocycles. The third-order valence-corrected chi connectivity index (χ3v) is 6.71. The van der Waals surface area contributed by atoms with E-state index in [1.807, 2.05) is 4.98 Å². The molecule has 2 unspecified atom stereocenters. The van der Waals surface area contributed by atoms with Gasteiger partial charge < -0.3 is 24.2 Å². The molecule has 0 saturated carbocycles. The van der Waals surface area contributed by atoms with Gasteiger partial charge in [0.15, 0.2) is 6.23 Å². The Labute approximate surface area is 208 Å². The van der Waals surface area contributed by atoms with Crippen molar-refractivity contribution in [2.45, 2.75) is 63.9 Å². The van der Waals surface area contributed by atoms with Crippen molar-refractivity contribution in [2.75, 3.05) is 6.58 Å². The summed E-state index contributed by atoms with van der Waals surface area (Å²) in [6.07, 6.45) is -4.36. The molecule has 7 atom stereocenters. The molecule has 3 rings (SSSR count). The van der Waals surface area contributed by atoms with Crippen LogP contribution in [-0.2, 0) is 23.4 Å². The molecule has 1 aliphatic rings. The maximum absolute atomic E-state index is 13.7. The van der Waals surface area contributed by atoms with Gasteiger partial charge in [0.05, 0.1) is 14.1 Å². The lowest BCUT2D eigenvalue weighted by Crippen LogP contribution is -2.47. The number of nitrogens with zero attached hydrogens (tertiary/aromatic N) is 1. The number of carbonyl (C=O) groups is 1. The summed E-state index contributed by atoms with van der Waals surface area (Å²) in [5, 5.41) is 24.0. The Hall–Kier alpha value is -2.80. The van der Waals surface area contributed by atoms with Crippen LogP contribution in [0.25, 0.3) is 0 Å². The van der Waals surface area contributed by atoms with Gasteiger partial charge in [-0.25, -0.2) is 9.36 Å². The average Bonchev–Trinajstić information content (AvgIpc) is 3.03. The van der Waals surface area contributed by atoms with E-state index in [1.54, 1.807) is 32.0 Å². The predicted molar refractivity (Wildman–Crippen MR) is 126 cm³/mol. The maximum Gasteiger partial charge on any atom is 0.459 e. The van der Waals surface area contributed by atoms with E-state index in [2.05, 4.69) is 5.09 Å². The molecule has 1 aromatic heterocycles. The van der Waals surface area contributed by atoms with Crippen LogP contribution in [0.2, 0.25) is 0 Å². The maximum atomic E-state index is 13.7. The Balaban J connectivity index is 1.86. The van der Waals surface area contributed by atoms with Crippen molar-refractivity contribution in [3.05, 3.63) is 63.4 Å². The molecule has 13 nitrogen and oxygen atoms in total. The van der Waals surface area contributed by atoms with Gasteiger partial charge in [0.2, 0.25) is 0 Å². The molecule has 0 spiro atoms. The van der Waals surface area contributed by atoms with Gasteiger partial charge in [0.25, 0.3) is 5.56 Å². The first-order valence-corrected chi connectivity index (χ1v) is 12.6. The number of benzene rings is 1. The van der Waals surface area contributed by atoms with Gasteiger partial charge in [-0.3, -0.25) is 23.7 Å². The van der Waals surface area contributed by atoms with Crippen LogP contribution in [0.4, 0.5) is 0 Å². The molecular formula is C22H30N3O10P. The standard InChI is InChI=1S/C22H30N3O10P/c1-13(2)33-19(28)14(3)24-36(31,35-15-8-6-5-7-9-15)32-12-16-18(27)22(4,30)20(34-16)25-11-10-17(26)23-21(25)29/h5-11,13-14,16,18,20,27,30H,12H2,1-4H3,(H,24,31)(H,23,26,29)/t14?,16-,18-,20-,22-,36+/m1/s1/i12D/t12?,14?,16-,18-,20-,22-,36+. The molecule has 36 heavy (non-hydrogen) atoms. The topological polar surface area (TPSA) is 178 Å². The summed E-state index contributed by atoms with van der Waals surface area (Å²) in [6.45, 7) is 3.85. The number of H-pyrrole nitrogens is 1. The third kappa shape index (κ3) is 6.49. The second kappa shape index (κ2) is 11.1. The van der Waals surface area contributed by atoms with Crippen LogP contribution in [0.15, 0.2) is 52.2 Å². The first kappa shape index (κ1) is 26.3. The lowest BCUT2D eigenvalue weighted by Gasteiger charge is -2.27. The zero-order valence-corrected chi connectivity index (χ0v) is 21.0. The molecule has 1 aliphatic heterocycles. The second-order valence-corrected chi connectivity index (χ2v) is 10.3. The zero-order chi connectivity index (χ0) is 27.5. The number of rotatable bonds is 10. The summed E-state index contributed by atoms with van der Waals surface area (Å²) in [5.41, 5.74) is -3.74. The van der Waals surface area contributed by atoms with Gasteiger partial charge in [0.1, 0.15) is 29.6 Å². The van der Waals surface area contributed by atoms with E-state index in [9.17, 15) is 29.2 Å². The number of esters is 1. The van der Waals surface area contributed by atoms with Crippen LogP contribution < -0.4 is 20.9 Å². The number of nitrogens with one attached hydrogen (secondary N) is 2. The van der Waals surface area contributed by atoms with E-state index in [-0.39, 0.29) is 5.75 Å². The molecule has 14 heteroatoms. The number of aromatic nitrogens is 2. The highest BCUT2D eigenvalue weighted by molar-refractivity contribution is 7.52. The van der Waals surface area contributed by atoms with Gasteiger partial charge in [-0.15, -0.1) is 0 Å². The van der Waals surface area contributed by atoms with Crippen molar-refractivity contribution in [2.24, 2.45) is 0 Å². The van der Waals surface area contributed by atoms with Crippen LogP contribution in [0.5, 0.6) is 5.75 Å². The van der Waals surface area contributed by atoms with Crippen LogP contribution >= 0.6 is 7.75 Å². The highest BCUT2D eigenvalue weighted by atomic mass is 31.2. The molecule has 4 N–H and O–H groups in total. The molecule has 1 saturated heterocycles. The summed E-state index contributed by atoms with van der Waals surface area (Å²) in [7, 11) is -4.51. The molecule has 2 heterocycles. The zero-order valence-electron chi connectivity index (χ0n) is 21.1. The molecule has 2 aromatic rings. The first-order chi connectivity index (χ1) is 17.2. The number of ether oxygens (including phenoxy) is 2. The van der Waals surface area contributed by atoms with Gasteiger partial charge in [0, 0.05) is 12.3 Å². The summed E-state index contributed by atoms with van der Waals surface area (Å²) < 4.78 is 44.5. The summed E-state index contributed by atoms with van der Waals surface area (Å²) in [6, 6.07) is 7.65. The number of para-hydroxylation sites is 1. The van der Waals surface area contributed by atoms with Gasteiger partial charge in [-0.1, -0.05) is 18.2 Å². The minimum absolute atomic E-state index is 0.0903. The predicted octanol–water partition coefficient (Wildman–Crippen LogP) is 0.679. The number of hydrogen-bond acceptors (Lipinski definition) is 10. The molecule has 198 valence electrons. The normalized spacial score (nSPS) is 27.6. The lowest BCUT2D eigenvalue weighted by molar-refractivity contribution is -0.149. The number of aliphatic hydroxyl groups is 2. The molecule has 0 amide bonds. The fraction of sp³-hybridized carbons (Fsp3) is 0.500. The molecular weight excluding hydrogens is 497 g/mol. The van der Waals surface area contributed by atoms with Crippen molar-refractivity contribution in [3.8, 4) is 5.75 Å². The van der Waals surface area contributed by atoms with E-state index < -0.39 is 67.7 Å². The highest BCUT2D eigenvalue weighted by Gasteiger charge is 2.54. The van der Waals surface area contributed by atoms with Crippen molar-refractivity contribution >= 4 is 13.7 Å². The summed E-state index contributed by atoms with van der Waals surface area (Å²) in [4.78, 5) is 37.9. The van der Waals surface area contributed by atoms with Gasteiger partial charge >= 0.3 is 19.4 Å². The van der Waals surface area contributed by atoms with E-state index >= 15 is 0 Å². The fourth-order valence-corrected chi connectivity index (χ4v) is 4.78. The molecule has 0 aliphatic carbocycles. The minimum Gasteiger partial charge on any atom is -0.462 e. The van der Waals surface area contributed by atoms with Gasteiger partial charge in [-0.2, -0.15) is 5.09 Å². The minimum atomic E-state index is -4.51. The van der Waals surface area contributed by atoms with Crippen LogP contribution in [0.1, 0.15) is 35.3 Å². The molecule has 0 bridgehead atoms. The van der Waals surface area contributed by atoms with Crippen LogP contribution in [0, 0.1) is 0 Å². The molecule has 0 radical (unpaired) electrons. The second-order valence-electron chi connectivity index (χ2n) is 8.62. The lowest BCUT2D eigenvalue weighted by atomic mass is 9.96. The molecule has 1 fully saturated rings. The Morgan fingerprint density at radius 2 is 1.97 bits per heavy atom. The Bertz CT molecular complexity index is 1250. The van der Waals surface area contributed by atoms with E-state index in [1.165, 1.54) is 19.1 Å². The number of aromatic amines is 1. The van der Waals surface area contributed by atoms with Crippen LogP contribution in [-0.4, -0.2) is 62.3 Å². The van der Waals surface area contributed by atoms with Gasteiger partial charge in [-0.05, 0) is 39.8 Å². The highest BCUT2D eigenvalue weighted by Crippen LogP contribution is 2.46. The summed E-state index contributed by atoms with van der Waals surface area (Å²) in [5.74, 6) is -0.665. The third-order valence-electron chi connectivity index (χ3n) is 5.16. The average molecular weight is 528 g/mol. The SMILES string of the molecule is [2H]C(O[P@@](=O)(NC(C)C(=O)OC(C)C)Oc1ccccc1)[C@H]1O[C@@H](n2ccc(=O)[nH]c2=O)[C@](C)(O)[C@@H]1O. The number of hydrogen-bond donors (Lipinski definition) is 4. The summed E-state index contributed by atoms with van der Waals surface area (Å²) >= 11 is 0.